The quantitative estimate of drug-likeness (QED) is 0.447. The van der Waals surface area contributed by atoms with E-state index in [9.17, 15) is 0 Å². The number of para-hydroxylation sites is 2. The Bertz CT molecular complexity index is 639. The number of hydrogen-bond acceptors (Lipinski definition) is 3. The van der Waals surface area contributed by atoms with Crippen LogP contribution in [0, 0.1) is 0 Å². The third-order valence-corrected chi connectivity index (χ3v) is 3.12. The number of benzene rings is 1. The molecule has 0 bridgehead atoms. The highest BCUT2D eigenvalue weighted by atomic mass is 127. The molecule has 0 atom stereocenters. The molecule has 0 fully saturated rings. The van der Waals surface area contributed by atoms with Crippen LogP contribution in [0.15, 0.2) is 35.5 Å². The number of anilines is 1. The monoisotopic (exact) mass is 415 g/mol. The molecule has 1 aromatic heterocycles. The number of ether oxygens (including phenoxy) is 1. The van der Waals surface area contributed by atoms with Crippen molar-refractivity contribution in [3.05, 3.63) is 41.7 Å². The summed E-state index contributed by atoms with van der Waals surface area (Å²) in [4.78, 5) is 4.36. The van der Waals surface area contributed by atoms with Gasteiger partial charge >= 0.3 is 0 Å². The first-order valence-electron chi connectivity index (χ1n) is 6.85. The van der Waals surface area contributed by atoms with E-state index in [0.29, 0.717) is 12.5 Å². The molecule has 6 nitrogen and oxygen atoms in total. The van der Waals surface area contributed by atoms with E-state index in [2.05, 4.69) is 22.3 Å². The number of methoxy groups -OCH3 is 1. The highest BCUT2D eigenvalue weighted by Crippen LogP contribution is 2.22. The molecule has 0 unspecified atom stereocenters. The van der Waals surface area contributed by atoms with Crippen LogP contribution in [0.1, 0.15) is 18.2 Å². The van der Waals surface area contributed by atoms with Gasteiger partial charge in [-0.2, -0.15) is 5.10 Å². The molecule has 0 saturated carbocycles. The first-order valence-corrected chi connectivity index (χ1v) is 6.85. The van der Waals surface area contributed by atoms with Crippen molar-refractivity contribution in [2.45, 2.75) is 19.9 Å². The van der Waals surface area contributed by atoms with Crippen LogP contribution in [0.2, 0.25) is 0 Å². The molecule has 1 heterocycles. The number of nitrogens with one attached hydrogen (secondary N) is 1. The molecule has 2 rings (SSSR count). The predicted octanol–water partition coefficient (Wildman–Crippen LogP) is 2.54. The van der Waals surface area contributed by atoms with Gasteiger partial charge in [0.1, 0.15) is 5.75 Å². The smallest absolute Gasteiger partial charge is 0.193 e. The van der Waals surface area contributed by atoms with Crippen LogP contribution in [0.4, 0.5) is 5.69 Å². The summed E-state index contributed by atoms with van der Waals surface area (Å²) in [6.07, 6.45) is 2.85. The normalized spacial score (nSPS) is 11.0. The minimum absolute atomic E-state index is 0. The molecule has 1 aromatic carbocycles. The van der Waals surface area contributed by atoms with Gasteiger partial charge in [0.15, 0.2) is 5.96 Å². The maximum absolute atomic E-state index is 5.93. The van der Waals surface area contributed by atoms with Crippen LogP contribution in [-0.4, -0.2) is 22.8 Å². The predicted molar refractivity (Wildman–Crippen MR) is 99.9 cm³/mol. The fraction of sp³-hybridized carbons (Fsp3) is 0.333. The van der Waals surface area contributed by atoms with Crippen LogP contribution in [-0.2, 0) is 20.0 Å². The molecule has 0 aliphatic carbocycles. The number of aliphatic imine (C=N–C) groups is 1. The Morgan fingerprint density at radius 2 is 2.14 bits per heavy atom. The number of halogens is 1. The Balaban J connectivity index is 0.00000242. The molecule has 0 radical (unpaired) electrons. The van der Waals surface area contributed by atoms with Gasteiger partial charge in [0, 0.05) is 18.8 Å². The van der Waals surface area contributed by atoms with Gasteiger partial charge in [-0.25, -0.2) is 4.99 Å². The number of nitrogens with zero attached hydrogens (tertiary/aromatic N) is 3. The summed E-state index contributed by atoms with van der Waals surface area (Å²) in [5, 5.41) is 7.44. The van der Waals surface area contributed by atoms with E-state index in [0.717, 1.165) is 29.1 Å². The molecule has 120 valence electrons. The number of rotatable bonds is 5. The summed E-state index contributed by atoms with van der Waals surface area (Å²) < 4.78 is 7.06. The molecule has 3 N–H and O–H groups in total. The van der Waals surface area contributed by atoms with Crippen molar-refractivity contribution in [1.29, 1.82) is 0 Å². The maximum Gasteiger partial charge on any atom is 0.193 e. The molecule has 0 saturated heterocycles. The standard InChI is InChI=1S/C15H21N5O.HI/c1-4-12-11(10-20(2)19-12)9-17-15(16)18-13-7-5-6-8-14(13)21-3;/h5-8,10H,4,9H2,1-3H3,(H3,16,17,18);1H. The van der Waals surface area contributed by atoms with Gasteiger partial charge in [-0.15, -0.1) is 24.0 Å². The minimum Gasteiger partial charge on any atom is -0.495 e. The molecule has 0 amide bonds. The number of aryl methyl sites for hydroxylation is 2. The third kappa shape index (κ3) is 4.62. The zero-order valence-corrected chi connectivity index (χ0v) is 15.4. The van der Waals surface area contributed by atoms with Crippen LogP contribution >= 0.6 is 24.0 Å². The summed E-state index contributed by atoms with van der Waals surface area (Å²) in [5.41, 5.74) is 8.86. The van der Waals surface area contributed by atoms with Crippen LogP contribution in [0.25, 0.3) is 0 Å². The van der Waals surface area contributed by atoms with Gasteiger partial charge in [0.25, 0.3) is 0 Å². The van der Waals surface area contributed by atoms with Crippen LogP contribution in [0.3, 0.4) is 0 Å². The van der Waals surface area contributed by atoms with Gasteiger partial charge < -0.3 is 15.8 Å². The second kappa shape index (κ2) is 8.62. The zero-order chi connectivity index (χ0) is 15.2. The second-order valence-corrected chi connectivity index (χ2v) is 4.66. The van der Waals surface area contributed by atoms with Crippen molar-refractivity contribution in [3.8, 4) is 5.75 Å². The SMILES string of the molecule is CCc1nn(C)cc1CN=C(N)Nc1ccccc1OC.I. The third-order valence-electron chi connectivity index (χ3n) is 3.12. The van der Waals surface area contributed by atoms with Crippen LogP contribution < -0.4 is 15.8 Å². The molecule has 2 aromatic rings. The first kappa shape index (κ1) is 18.3. The van der Waals surface area contributed by atoms with E-state index in [-0.39, 0.29) is 24.0 Å². The van der Waals surface area contributed by atoms with Gasteiger partial charge in [-0.05, 0) is 18.6 Å². The van der Waals surface area contributed by atoms with Gasteiger partial charge in [0.2, 0.25) is 0 Å². The number of nitrogens with two attached hydrogens (primary N) is 1. The van der Waals surface area contributed by atoms with Crippen molar-refractivity contribution in [2.24, 2.45) is 17.8 Å². The minimum atomic E-state index is 0. The topological polar surface area (TPSA) is 77.5 Å². The van der Waals surface area contributed by atoms with Crippen molar-refractivity contribution in [3.63, 3.8) is 0 Å². The Hall–Kier alpha value is -1.77. The molecule has 0 spiro atoms. The lowest BCUT2D eigenvalue weighted by atomic mass is 10.2. The zero-order valence-electron chi connectivity index (χ0n) is 13.0. The summed E-state index contributed by atoms with van der Waals surface area (Å²) in [6, 6.07) is 7.57. The highest BCUT2D eigenvalue weighted by Gasteiger charge is 2.06. The average molecular weight is 415 g/mol. The molecular weight excluding hydrogens is 393 g/mol. The van der Waals surface area contributed by atoms with Gasteiger partial charge in [-0.1, -0.05) is 19.1 Å². The summed E-state index contributed by atoms with van der Waals surface area (Å²) in [6.45, 7) is 2.58. The Morgan fingerprint density at radius 1 is 1.41 bits per heavy atom. The van der Waals surface area contributed by atoms with Crippen molar-refractivity contribution < 1.29 is 4.74 Å². The Kier molecular flexibility index (Phi) is 7.16. The summed E-state index contributed by atoms with van der Waals surface area (Å²) >= 11 is 0. The molecule has 22 heavy (non-hydrogen) atoms. The van der Waals surface area contributed by atoms with E-state index in [4.69, 9.17) is 10.5 Å². The van der Waals surface area contributed by atoms with E-state index < -0.39 is 0 Å². The lowest BCUT2D eigenvalue weighted by Gasteiger charge is -2.10. The van der Waals surface area contributed by atoms with Crippen molar-refractivity contribution >= 4 is 35.6 Å². The molecular formula is C15H22IN5O. The van der Waals surface area contributed by atoms with Gasteiger partial charge in [-0.3, -0.25) is 4.68 Å². The van der Waals surface area contributed by atoms with Crippen LogP contribution in [0.5, 0.6) is 5.75 Å². The van der Waals surface area contributed by atoms with E-state index in [1.54, 1.807) is 11.8 Å². The highest BCUT2D eigenvalue weighted by molar-refractivity contribution is 14.0. The average Bonchev–Trinajstić information content (AvgIpc) is 2.86. The van der Waals surface area contributed by atoms with E-state index in [1.165, 1.54) is 0 Å². The fourth-order valence-corrected chi connectivity index (χ4v) is 2.11. The van der Waals surface area contributed by atoms with E-state index in [1.807, 2.05) is 37.5 Å². The lowest BCUT2D eigenvalue weighted by molar-refractivity contribution is 0.417. The second-order valence-electron chi connectivity index (χ2n) is 4.66. The van der Waals surface area contributed by atoms with Gasteiger partial charge in [0.05, 0.1) is 25.0 Å². The van der Waals surface area contributed by atoms with Crippen molar-refractivity contribution in [1.82, 2.24) is 9.78 Å². The number of aromatic nitrogens is 2. The van der Waals surface area contributed by atoms with E-state index >= 15 is 0 Å². The molecule has 0 aliphatic heterocycles. The summed E-state index contributed by atoms with van der Waals surface area (Å²) in [7, 11) is 3.53. The lowest BCUT2D eigenvalue weighted by Crippen LogP contribution is -2.23. The largest absolute Gasteiger partial charge is 0.495 e. The maximum atomic E-state index is 5.93. The number of guanidine groups is 1. The first-order chi connectivity index (χ1) is 10.1. The fourth-order valence-electron chi connectivity index (χ4n) is 2.11. The molecule has 0 aliphatic rings. The summed E-state index contributed by atoms with van der Waals surface area (Å²) in [5.74, 6) is 1.08. The molecule has 7 heteroatoms. The Labute approximate surface area is 147 Å². The van der Waals surface area contributed by atoms with Crippen molar-refractivity contribution in [2.75, 3.05) is 12.4 Å². The Morgan fingerprint density at radius 3 is 2.82 bits per heavy atom. The number of hydrogen-bond donors (Lipinski definition) is 2.